The molecule has 20 heavy (non-hydrogen) atoms. The van der Waals surface area contributed by atoms with E-state index in [1.807, 2.05) is 6.92 Å². The number of carbonyl (C=O) groups is 1. The van der Waals surface area contributed by atoms with Crippen LogP contribution in [0, 0.1) is 0 Å². The Morgan fingerprint density at radius 2 is 1.85 bits per heavy atom. The number of hydrogen-bond donors (Lipinski definition) is 3. The van der Waals surface area contributed by atoms with Crippen molar-refractivity contribution in [2.24, 2.45) is 0 Å². The zero-order valence-electron chi connectivity index (χ0n) is 12.7. The van der Waals surface area contributed by atoms with Crippen molar-refractivity contribution in [2.45, 2.75) is 70.5 Å². The fraction of sp³-hybridized carbons (Fsp3) is 0.933. The molecular formula is C15H30N2O3. The topological polar surface area (TPSA) is 70.6 Å². The van der Waals surface area contributed by atoms with E-state index in [4.69, 9.17) is 4.74 Å². The summed E-state index contributed by atoms with van der Waals surface area (Å²) in [4.78, 5) is 11.5. The van der Waals surface area contributed by atoms with E-state index in [1.54, 1.807) is 0 Å². The standard InChI is InChI=1S/C15H30N2O3/c1-2-13(18)9-10-16-15(19)17-11-12-20-14-7-5-3-4-6-8-14/h13-14,18H,2-12H2,1H3,(H2,16,17,19). The highest BCUT2D eigenvalue weighted by Gasteiger charge is 2.12. The van der Waals surface area contributed by atoms with Gasteiger partial charge in [0.15, 0.2) is 0 Å². The Bertz CT molecular complexity index is 254. The van der Waals surface area contributed by atoms with Gasteiger partial charge in [-0.2, -0.15) is 0 Å². The van der Waals surface area contributed by atoms with Gasteiger partial charge in [0, 0.05) is 13.1 Å². The Kier molecular flexibility index (Phi) is 9.41. The third-order valence-electron chi connectivity index (χ3n) is 3.78. The molecule has 0 aliphatic heterocycles. The number of rotatable bonds is 8. The zero-order chi connectivity index (χ0) is 14.6. The molecule has 0 aromatic rings. The summed E-state index contributed by atoms with van der Waals surface area (Å²) < 4.78 is 5.79. The van der Waals surface area contributed by atoms with Crippen molar-refractivity contribution >= 4 is 6.03 Å². The Labute approximate surface area is 122 Å². The highest BCUT2D eigenvalue weighted by Crippen LogP contribution is 2.19. The summed E-state index contributed by atoms with van der Waals surface area (Å²) in [5, 5.41) is 14.9. The van der Waals surface area contributed by atoms with Crippen LogP contribution in [-0.4, -0.2) is 43.0 Å². The largest absolute Gasteiger partial charge is 0.393 e. The van der Waals surface area contributed by atoms with Crippen LogP contribution in [0.1, 0.15) is 58.3 Å². The highest BCUT2D eigenvalue weighted by molar-refractivity contribution is 5.73. The predicted molar refractivity (Wildman–Crippen MR) is 79.8 cm³/mol. The van der Waals surface area contributed by atoms with Gasteiger partial charge in [0.05, 0.1) is 18.8 Å². The van der Waals surface area contributed by atoms with Gasteiger partial charge in [-0.25, -0.2) is 4.79 Å². The summed E-state index contributed by atoms with van der Waals surface area (Å²) in [6.45, 7) is 3.55. The molecular weight excluding hydrogens is 256 g/mol. The molecule has 118 valence electrons. The number of carbonyl (C=O) groups excluding carboxylic acids is 1. The first kappa shape index (κ1) is 17.2. The third-order valence-corrected chi connectivity index (χ3v) is 3.78. The van der Waals surface area contributed by atoms with Crippen LogP contribution in [0.15, 0.2) is 0 Å². The smallest absolute Gasteiger partial charge is 0.314 e. The minimum Gasteiger partial charge on any atom is -0.393 e. The van der Waals surface area contributed by atoms with Gasteiger partial charge in [-0.05, 0) is 25.7 Å². The van der Waals surface area contributed by atoms with Gasteiger partial charge >= 0.3 is 6.03 Å². The lowest BCUT2D eigenvalue weighted by molar-refractivity contribution is 0.0460. The van der Waals surface area contributed by atoms with Crippen molar-refractivity contribution in [1.82, 2.24) is 10.6 Å². The molecule has 1 aliphatic rings. The minimum absolute atomic E-state index is 0.183. The van der Waals surface area contributed by atoms with Gasteiger partial charge in [-0.1, -0.05) is 32.6 Å². The van der Waals surface area contributed by atoms with Gasteiger partial charge in [0.2, 0.25) is 0 Å². The third kappa shape index (κ3) is 8.38. The SMILES string of the molecule is CCC(O)CCNC(=O)NCCOC1CCCCCC1. The number of hydrogen-bond acceptors (Lipinski definition) is 3. The number of nitrogens with one attached hydrogen (secondary N) is 2. The molecule has 0 aromatic heterocycles. The van der Waals surface area contributed by atoms with E-state index < -0.39 is 0 Å². The quantitative estimate of drug-likeness (QED) is 0.473. The number of amides is 2. The first-order valence-electron chi connectivity index (χ1n) is 8.03. The summed E-state index contributed by atoms with van der Waals surface area (Å²) in [6, 6.07) is -0.183. The molecule has 0 spiro atoms. The second-order valence-corrected chi connectivity index (χ2v) is 5.52. The molecule has 1 saturated carbocycles. The van der Waals surface area contributed by atoms with Crippen LogP contribution >= 0.6 is 0 Å². The van der Waals surface area contributed by atoms with E-state index in [-0.39, 0.29) is 12.1 Å². The van der Waals surface area contributed by atoms with Crippen molar-refractivity contribution in [2.75, 3.05) is 19.7 Å². The molecule has 0 saturated heterocycles. The molecule has 0 radical (unpaired) electrons. The molecule has 1 atom stereocenters. The fourth-order valence-electron chi connectivity index (χ4n) is 2.42. The molecule has 1 fully saturated rings. The van der Waals surface area contributed by atoms with Gasteiger partial charge in [-0.3, -0.25) is 0 Å². The predicted octanol–water partition coefficient (Wildman–Crippen LogP) is 2.19. The van der Waals surface area contributed by atoms with Gasteiger partial charge in [-0.15, -0.1) is 0 Å². The van der Waals surface area contributed by atoms with E-state index >= 15 is 0 Å². The van der Waals surface area contributed by atoms with Crippen LogP contribution in [0.4, 0.5) is 4.79 Å². The van der Waals surface area contributed by atoms with E-state index in [1.165, 1.54) is 25.7 Å². The van der Waals surface area contributed by atoms with Crippen LogP contribution in [0.25, 0.3) is 0 Å². The van der Waals surface area contributed by atoms with Gasteiger partial charge < -0.3 is 20.5 Å². The molecule has 1 unspecified atom stereocenters. The summed E-state index contributed by atoms with van der Waals surface area (Å²) >= 11 is 0. The average Bonchev–Trinajstić information content (AvgIpc) is 2.72. The molecule has 5 heteroatoms. The summed E-state index contributed by atoms with van der Waals surface area (Å²) in [5.41, 5.74) is 0. The molecule has 0 aromatic carbocycles. The van der Waals surface area contributed by atoms with Crippen LogP contribution in [0.3, 0.4) is 0 Å². The lowest BCUT2D eigenvalue weighted by atomic mass is 10.1. The number of aliphatic hydroxyl groups excluding tert-OH is 1. The molecule has 1 rings (SSSR count). The zero-order valence-corrected chi connectivity index (χ0v) is 12.7. The summed E-state index contributed by atoms with van der Waals surface area (Å²) in [5.74, 6) is 0. The Morgan fingerprint density at radius 1 is 1.20 bits per heavy atom. The number of aliphatic hydroxyl groups is 1. The molecule has 0 heterocycles. The Morgan fingerprint density at radius 3 is 2.50 bits per heavy atom. The van der Waals surface area contributed by atoms with Gasteiger partial charge in [0.1, 0.15) is 0 Å². The fourth-order valence-corrected chi connectivity index (χ4v) is 2.42. The lowest BCUT2D eigenvalue weighted by Gasteiger charge is -2.15. The maximum atomic E-state index is 11.5. The van der Waals surface area contributed by atoms with Crippen molar-refractivity contribution in [3.05, 3.63) is 0 Å². The van der Waals surface area contributed by atoms with Crippen molar-refractivity contribution < 1.29 is 14.6 Å². The Hall–Kier alpha value is -0.810. The molecule has 3 N–H and O–H groups in total. The molecule has 0 bridgehead atoms. The maximum absolute atomic E-state index is 11.5. The normalized spacial score (nSPS) is 18.3. The number of ether oxygens (including phenoxy) is 1. The highest BCUT2D eigenvalue weighted by atomic mass is 16.5. The lowest BCUT2D eigenvalue weighted by Crippen LogP contribution is -2.38. The summed E-state index contributed by atoms with van der Waals surface area (Å²) in [6.07, 6.45) is 8.85. The van der Waals surface area contributed by atoms with Crippen LogP contribution in [0.2, 0.25) is 0 Å². The first-order valence-corrected chi connectivity index (χ1v) is 8.03. The number of urea groups is 1. The van der Waals surface area contributed by atoms with Crippen LogP contribution in [-0.2, 0) is 4.74 Å². The minimum atomic E-state index is -0.325. The molecule has 2 amide bonds. The second kappa shape index (κ2) is 10.9. The van der Waals surface area contributed by atoms with Crippen LogP contribution < -0.4 is 10.6 Å². The van der Waals surface area contributed by atoms with E-state index in [2.05, 4.69) is 10.6 Å². The van der Waals surface area contributed by atoms with Gasteiger partial charge in [0.25, 0.3) is 0 Å². The van der Waals surface area contributed by atoms with Crippen molar-refractivity contribution in [1.29, 1.82) is 0 Å². The second-order valence-electron chi connectivity index (χ2n) is 5.52. The Balaban J connectivity index is 1.95. The van der Waals surface area contributed by atoms with E-state index in [0.29, 0.717) is 32.2 Å². The maximum Gasteiger partial charge on any atom is 0.314 e. The molecule has 1 aliphatic carbocycles. The monoisotopic (exact) mass is 286 g/mol. The average molecular weight is 286 g/mol. The van der Waals surface area contributed by atoms with Crippen molar-refractivity contribution in [3.8, 4) is 0 Å². The summed E-state index contributed by atoms with van der Waals surface area (Å²) in [7, 11) is 0. The first-order chi connectivity index (χ1) is 9.72. The molecule has 5 nitrogen and oxygen atoms in total. The van der Waals surface area contributed by atoms with Crippen LogP contribution in [0.5, 0.6) is 0 Å². The van der Waals surface area contributed by atoms with E-state index in [0.717, 1.165) is 19.3 Å². The van der Waals surface area contributed by atoms with E-state index in [9.17, 15) is 9.90 Å². The van der Waals surface area contributed by atoms with Crippen molar-refractivity contribution in [3.63, 3.8) is 0 Å².